The van der Waals surface area contributed by atoms with Crippen LogP contribution in [-0.4, -0.2) is 22.2 Å². The number of hydrogen-bond donors (Lipinski definition) is 3. The van der Waals surface area contributed by atoms with E-state index in [2.05, 4.69) is 0 Å². The molecule has 0 radical (unpaired) electrons. The third-order valence-corrected chi connectivity index (χ3v) is 3.70. The van der Waals surface area contributed by atoms with Crippen molar-refractivity contribution in [2.24, 2.45) is 5.73 Å². The number of aryl methyl sites for hydroxylation is 3. The number of phenolic OH excluding ortho intramolecular Hbond substituents is 1. The van der Waals surface area contributed by atoms with Crippen LogP contribution in [0.5, 0.6) is 17.2 Å². The summed E-state index contributed by atoms with van der Waals surface area (Å²) in [7, 11) is 0. The van der Waals surface area contributed by atoms with Crippen LogP contribution >= 0.6 is 0 Å². The van der Waals surface area contributed by atoms with Crippen molar-refractivity contribution < 1.29 is 19.7 Å². The molecule has 5 nitrogen and oxygen atoms in total. The predicted octanol–water partition coefficient (Wildman–Crippen LogP) is 6.14. The minimum atomic E-state index is -1.02. The van der Waals surface area contributed by atoms with E-state index in [4.69, 9.17) is 15.6 Å². The minimum Gasteiger partial charge on any atom is -0.507 e. The van der Waals surface area contributed by atoms with Gasteiger partial charge in [-0.2, -0.15) is 0 Å². The number of carboxylic acids is 1. The van der Waals surface area contributed by atoms with Crippen molar-refractivity contribution in [2.75, 3.05) is 0 Å². The number of carboxylic acid groups (broad SMARTS) is 1. The van der Waals surface area contributed by atoms with Crippen LogP contribution in [0.1, 0.15) is 63.8 Å². The van der Waals surface area contributed by atoms with Crippen LogP contribution in [0.15, 0.2) is 30.3 Å². The smallest absolute Gasteiger partial charge is 0.320 e. The van der Waals surface area contributed by atoms with E-state index in [9.17, 15) is 9.90 Å². The zero-order valence-electron chi connectivity index (χ0n) is 19.5. The van der Waals surface area contributed by atoms with Crippen molar-refractivity contribution in [3.8, 4) is 17.2 Å². The molecule has 4 N–H and O–H groups in total. The van der Waals surface area contributed by atoms with Crippen LogP contribution < -0.4 is 10.5 Å². The number of phenols is 1. The van der Waals surface area contributed by atoms with E-state index in [1.807, 2.05) is 74.4 Å². The zero-order chi connectivity index (χ0) is 23.1. The van der Waals surface area contributed by atoms with Gasteiger partial charge in [-0.1, -0.05) is 53.7 Å². The molecule has 164 valence electrons. The molecule has 0 saturated carbocycles. The van der Waals surface area contributed by atoms with E-state index >= 15 is 0 Å². The monoisotopic (exact) mass is 405 g/mol. The van der Waals surface area contributed by atoms with E-state index in [1.54, 1.807) is 18.2 Å². The minimum absolute atomic E-state index is 0.270. The van der Waals surface area contributed by atoms with Crippen molar-refractivity contribution in [2.45, 2.75) is 74.8 Å². The lowest BCUT2D eigenvalue weighted by Gasteiger charge is -2.13. The van der Waals surface area contributed by atoms with Gasteiger partial charge in [0, 0.05) is 0 Å². The van der Waals surface area contributed by atoms with E-state index in [-0.39, 0.29) is 12.2 Å². The second kappa shape index (κ2) is 15.4. The molecule has 2 aromatic carbocycles. The lowest BCUT2D eigenvalue weighted by Crippen LogP contribution is -2.32. The summed E-state index contributed by atoms with van der Waals surface area (Å²) in [6, 6.07) is 8.12. The first-order chi connectivity index (χ1) is 13.8. The highest BCUT2D eigenvalue weighted by Crippen LogP contribution is 2.31. The van der Waals surface area contributed by atoms with Crippen molar-refractivity contribution in [3.63, 3.8) is 0 Å². The standard InChI is InChI=1S/C18H21NO4.3C2H6/c1-10-6-13(9-15(19)18(21)22)4-5-16(10)23-14-7-11(2)17(20)12(3)8-14;3*1-2/h4-8,15,20H,9,19H2,1-3H3,(H,21,22);3*1-2H3/t15-;;;/m1.../s1. The van der Waals surface area contributed by atoms with Gasteiger partial charge in [-0.15, -0.1) is 0 Å². The Labute approximate surface area is 176 Å². The van der Waals surface area contributed by atoms with Crippen LogP contribution in [-0.2, 0) is 11.2 Å². The molecule has 0 bridgehead atoms. The molecule has 0 aliphatic heterocycles. The SMILES string of the molecule is CC.CC.CC.Cc1cc(C[C@@H](N)C(=O)O)ccc1Oc1cc(C)c(O)c(C)c1. The van der Waals surface area contributed by atoms with Gasteiger partial charge < -0.3 is 20.7 Å². The van der Waals surface area contributed by atoms with Crippen LogP contribution in [0, 0.1) is 20.8 Å². The van der Waals surface area contributed by atoms with Crippen molar-refractivity contribution in [1.82, 2.24) is 0 Å². The quantitative estimate of drug-likeness (QED) is 0.555. The van der Waals surface area contributed by atoms with Crippen molar-refractivity contribution in [3.05, 3.63) is 52.6 Å². The number of rotatable bonds is 5. The van der Waals surface area contributed by atoms with Crippen LogP contribution in [0.3, 0.4) is 0 Å². The van der Waals surface area contributed by atoms with Gasteiger partial charge in [0.05, 0.1) is 0 Å². The van der Waals surface area contributed by atoms with Crippen LogP contribution in [0.2, 0.25) is 0 Å². The summed E-state index contributed by atoms with van der Waals surface area (Å²) < 4.78 is 5.87. The lowest BCUT2D eigenvalue weighted by atomic mass is 10.0. The highest BCUT2D eigenvalue weighted by atomic mass is 16.5. The lowest BCUT2D eigenvalue weighted by molar-refractivity contribution is -0.138. The Balaban J connectivity index is 0. The van der Waals surface area contributed by atoms with Crippen LogP contribution in [0.25, 0.3) is 0 Å². The number of nitrogens with two attached hydrogens (primary N) is 1. The number of carbonyl (C=O) groups is 1. The molecule has 0 spiro atoms. The number of aromatic hydroxyl groups is 1. The molecule has 0 aromatic heterocycles. The maximum Gasteiger partial charge on any atom is 0.320 e. The first kappa shape index (κ1) is 28.7. The average Bonchev–Trinajstić information content (AvgIpc) is 2.72. The molecule has 5 heteroatoms. The van der Waals surface area contributed by atoms with Crippen LogP contribution in [0.4, 0.5) is 0 Å². The third-order valence-electron chi connectivity index (χ3n) is 3.70. The Morgan fingerprint density at radius 3 is 1.83 bits per heavy atom. The largest absolute Gasteiger partial charge is 0.507 e. The summed E-state index contributed by atoms with van der Waals surface area (Å²) in [5.74, 6) is 0.586. The van der Waals surface area contributed by atoms with Gasteiger partial charge in [0.1, 0.15) is 23.3 Å². The molecule has 1 atom stereocenters. The van der Waals surface area contributed by atoms with Crippen molar-refractivity contribution in [1.29, 1.82) is 0 Å². The molecule has 0 unspecified atom stereocenters. The Bertz CT molecular complexity index is 719. The zero-order valence-corrected chi connectivity index (χ0v) is 19.5. The molecule has 29 heavy (non-hydrogen) atoms. The summed E-state index contributed by atoms with van der Waals surface area (Å²) in [5, 5.41) is 18.7. The first-order valence-electron chi connectivity index (χ1n) is 10.3. The second-order valence-electron chi connectivity index (χ2n) is 5.76. The third kappa shape index (κ3) is 9.48. The van der Waals surface area contributed by atoms with Gasteiger partial charge in [-0.3, -0.25) is 4.79 Å². The first-order valence-corrected chi connectivity index (χ1v) is 10.3. The Kier molecular flexibility index (Phi) is 15.2. The molecule has 2 aromatic rings. The fourth-order valence-electron chi connectivity index (χ4n) is 2.40. The van der Waals surface area contributed by atoms with E-state index in [0.29, 0.717) is 11.5 Å². The molecule has 0 aliphatic carbocycles. The van der Waals surface area contributed by atoms with E-state index in [1.165, 1.54) is 0 Å². The number of hydrogen-bond acceptors (Lipinski definition) is 4. The highest BCUT2D eigenvalue weighted by molar-refractivity contribution is 5.73. The fourth-order valence-corrected chi connectivity index (χ4v) is 2.40. The second-order valence-corrected chi connectivity index (χ2v) is 5.76. The topological polar surface area (TPSA) is 92.8 Å². The molecule has 0 heterocycles. The molecule has 0 aliphatic rings. The van der Waals surface area contributed by atoms with Crippen molar-refractivity contribution >= 4 is 5.97 Å². The number of benzene rings is 2. The Morgan fingerprint density at radius 1 is 0.931 bits per heavy atom. The molecule has 2 rings (SSSR count). The maximum absolute atomic E-state index is 10.8. The van der Waals surface area contributed by atoms with E-state index in [0.717, 1.165) is 22.3 Å². The van der Waals surface area contributed by atoms with Gasteiger partial charge in [-0.25, -0.2) is 0 Å². The maximum atomic E-state index is 10.8. The Morgan fingerprint density at radius 2 is 1.41 bits per heavy atom. The molecule has 0 fully saturated rings. The summed E-state index contributed by atoms with van der Waals surface area (Å²) in [4.78, 5) is 10.8. The number of aliphatic carboxylic acids is 1. The normalized spacial score (nSPS) is 10.1. The van der Waals surface area contributed by atoms with Gasteiger partial charge in [0.25, 0.3) is 0 Å². The summed E-state index contributed by atoms with van der Waals surface area (Å²) >= 11 is 0. The van der Waals surface area contributed by atoms with Gasteiger partial charge in [-0.05, 0) is 67.6 Å². The molecular weight excluding hydrogens is 366 g/mol. The predicted molar refractivity (Wildman–Crippen MR) is 122 cm³/mol. The summed E-state index contributed by atoms with van der Waals surface area (Å²) in [5.41, 5.74) is 8.80. The van der Waals surface area contributed by atoms with Gasteiger partial charge in [0.15, 0.2) is 0 Å². The summed E-state index contributed by atoms with van der Waals surface area (Å²) in [6.45, 7) is 17.5. The fraction of sp³-hybridized carbons (Fsp3) is 0.458. The highest BCUT2D eigenvalue weighted by Gasteiger charge is 2.13. The summed E-state index contributed by atoms with van der Waals surface area (Å²) in [6.07, 6.45) is 0.272. The Hall–Kier alpha value is -2.53. The molecule has 0 amide bonds. The average molecular weight is 406 g/mol. The number of ether oxygens (including phenoxy) is 1. The van der Waals surface area contributed by atoms with E-state index < -0.39 is 12.0 Å². The van der Waals surface area contributed by atoms with Gasteiger partial charge >= 0.3 is 5.97 Å². The molecule has 0 saturated heterocycles. The van der Waals surface area contributed by atoms with Gasteiger partial charge in [0.2, 0.25) is 0 Å². The molecular formula is C24H39NO4.